The molecular formula is C28H25N5O4S. The highest BCUT2D eigenvalue weighted by atomic mass is 32.2. The summed E-state index contributed by atoms with van der Waals surface area (Å²) in [6.07, 6.45) is 8.79. The molecule has 0 aliphatic heterocycles. The Hall–Kier alpha value is -4.31. The van der Waals surface area contributed by atoms with Gasteiger partial charge in [-0.2, -0.15) is 4.98 Å². The normalized spacial score (nSPS) is 13.5. The van der Waals surface area contributed by atoms with Gasteiger partial charge in [-0.1, -0.05) is 18.2 Å². The van der Waals surface area contributed by atoms with Crippen molar-refractivity contribution in [1.29, 1.82) is 0 Å². The van der Waals surface area contributed by atoms with Crippen molar-refractivity contribution in [1.82, 2.24) is 24.9 Å². The molecule has 3 heterocycles. The van der Waals surface area contributed by atoms with Crippen LogP contribution in [0.2, 0.25) is 0 Å². The lowest BCUT2D eigenvalue weighted by Gasteiger charge is -2.10. The average molecular weight is 528 g/mol. The minimum absolute atomic E-state index is 0.166. The van der Waals surface area contributed by atoms with E-state index < -0.39 is 9.84 Å². The first-order valence-electron chi connectivity index (χ1n) is 12.2. The molecule has 0 unspecified atom stereocenters. The summed E-state index contributed by atoms with van der Waals surface area (Å²) in [5, 5.41) is 0.577. The predicted molar refractivity (Wildman–Crippen MR) is 143 cm³/mol. The van der Waals surface area contributed by atoms with Gasteiger partial charge in [0, 0.05) is 52.7 Å². The van der Waals surface area contributed by atoms with Gasteiger partial charge in [0.05, 0.1) is 30.4 Å². The third kappa shape index (κ3) is 4.95. The molecule has 0 radical (unpaired) electrons. The van der Waals surface area contributed by atoms with E-state index in [1.807, 2.05) is 54.9 Å². The number of H-pyrrole nitrogens is 1. The summed E-state index contributed by atoms with van der Waals surface area (Å²) in [5.74, 6) is 1.40. The van der Waals surface area contributed by atoms with Gasteiger partial charge >= 0.3 is 0 Å². The quantitative estimate of drug-likeness (QED) is 0.282. The van der Waals surface area contributed by atoms with Crippen molar-refractivity contribution in [3.8, 4) is 34.1 Å². The Kier molecular flexibility index (Phi) is 6.03. The lowest BCUT2D eigenvalue weighted by molar-refractivity contribution is 0.290. The molecule has 10 heteroatoms. The highest BCUT2D eigenvalue weighted by molar-refractivity contribution is 7.90. The molecule has 0 saturated heterocycles. The number of fused-ring (bicyclic) bond motifs is 1. The molecule has 3 aromatic heterocycles. The van der Waals surface area contributed by atoms with Crippen molar-refractivity contribution >= 4 is 20.7 Å². The fraction of sp³-hybridized carbons (Fsp3) is 0.214. The Labute approximate surface area is 219 Å². The van der Waals surface area contributed by atoms with Crippen molar-refractivity contribution in [2.24, 2.45) is 0 Å². The molecule has 0 spiro atoms. The van der Waals surface area contributed by atoms with Gasteiger partial charge < -0.3 is 14.5 Å². The number of aromatic amines is 1. The van der Waals surface area contributed by atoms with Crippen molar-refractivity contribution < 1.29 is 17.9 Å². The maximum atomic E-state index is 12.4. The second kappa shape index (κ2) is 9.53. The van der Waals surface area contributed by atoms with Gasteiger partial charge in [0.25, 0.3) is 5.16 Å². The molecule has 1 saturated carbocycles. The topological polar surface area (TPSA) is 120 Å². The number of nitrogens with zero attached hydrogens (tertiary/aromatic N) is 4. The first-order chi connectivity index (χ1) is 18.4. The van der Waals surface area contributed by atoms with Crippen LogP contribution in [0.15, 0.2) is 72.3 Å². The van der Waals surface area contributed by atoms with E-state index in [0.29, 0.717) is 11.6 Å². The summed E-state index contributed by atoms with van der Waals surface area (Å²) in [4.78, 5) is 21.0. The SMILES string of the molecule is COc1ccc(COc2cc(-c3c[nH]c4ccc(-c5cncc(C6CC6)n5)cc34)nc(S(C)(=O)=O)n2)cc1. The van der Waals surface area contributed by atoms with Gasteiger partial charge in [-0.15, -0.1) is 0 Å². The van der Waals surface area contributed by atoms with Crippen molar-refractivity contribution in [3.05, 3.63) is 78.4 Å². The number of ether oxygens (including phenoxy) is 2. The fourth-order valence-electron chi connectivity index (χ4n) is 4.25. The molecule has 1 N–H and O–H groups in total. The number of hydrogen-bond acceptors (Lipinski definition) is 8. The van der Waals surface area contributed by atoms with Crippen LogP contribution in [0, 0.1) is 0 Å². The molecule has 0 atom stereocenters. The Bertz CT molecular complexity index is 1750. The number of aromatic nitrogens is 5. The summed E-state index contributed by atoms with van der Waals surface area (Å²) in [6.45, 7) is 0.206. The number of hydrogen-bond donors (Lipinski definition) is 1. The molecule has 0 amide bonds. The first-order valence-corrected chi connectivity index (χ1v) is 14.1. The fourth-order valence-corrected chi connectivity index (χ4v) is 4.77. The summed E-state index contributed by atoms with van der Waals surface area (Å²) in [5.41, 5.74) is 5.67. The maximum absolute atomic E-state index is 12.4. The van der Waals surface area contributed by atoms with Gasteiger partial charge in [0.1, 0.15) is 12.4 Å². The Morgan fingerprint density at radius 1 is 0.974 bits per heavy atom. The molecule has 38 heavy (non-hydrogen) atoms. The van der Waals surface area contributed by atoms with E-state index in [-0.39, 0.29) is 17.6 Å². The number of benzene rings is 2. The molecule has 2 aromatic carbocycles. The van der Waals surface area contributed by atoms with Crippen LogP contribution < -0.4 is 9.47 Å². The van der Waals surface area contributed by atoms with E-state index >= 15 is 0 Å². The molecule has 6 rings (SSSR count). The van der Waals surface area contributed by atoms with Crippen LogP contribution in [0.3, 0.4) is 0 Å². The van der Waals surface area contributed by atoms with Crippen LogP contribution in [-0.4, -0.2) is 46.7 Å². The first kappa shape index (κ1) is 24.1. The predicted octanol–water partition coefficient (Wildman–Crippen LogP) is 4.95. The van der Waals surface area contributed by atoms with Crippen LogP contribution in [0.1, 0.15) is 30.0 Å². The zero-order valence-corrected chi connectivity index (χ0v) is 21.7. The van der Waals surface area contributed by atoms with Crippen molar-refractivity contribution in [2.75, 3.05) is 13.4 Å². The monoisotopic (exact) mass is 527 g/mol. The minimum Gasteiger partial charge on any atom is -0.497 e. The minimum atomic E-state index is -3.69. The molecule has 192 valence electrons. The van der Waals surface area contributed by atoms with E-state index in [4.69, 9.17) is 14.5 Å². The maximum Gasteiger partial charge on any atom is 0.250 e. The van der Waals surface area contributed by atoms with E-state index in [2.05, 4.69) is 19.9 Å². The highest BCUT2D eigenvalue weighted by Crippen LogP contribution is 2.39. The van der Waals surface area contributed by atoms with Gasteiger partial charge in [-0.25, -0.2) is 18.4 Å². The zero-order chi connectivity index (χ0) is 26.3. The Morgan fingerprint density at radius 2 is 1.79 bits per heavy atom. The van der Waals surface area contributed by atoms with E-state index in [1.54, 1.807) is 19.4 Å². The number of rotatable bonds is 8. The Morgan fingerprint density at radius 3 is 2.53 bits per heavy atom. The lowest BCUT2D eigenvalue weighted by Crippen LogP contribution is -2.07. The van der Waals surface area contributed by atoms with E-state index in [0.717, 1.165) is 63.8 Å². The smallest absolute Gasteiger partial charge is 0.250 e. The van der Waals surface area contributed by atoms with Crippen LogP contribution >= 0.6 is 0 Å². The third-order valence-corrected chi connectivity index (χ3v) is 7.31. The van der Waals surface area contributed by atoms with Crippen molar-refractivity contribution in [2.45, 2.75) is 30.5 Å². The standard InChI is InChI=1S/C28H25N5O4S/c1-36-20-8-3-17(4-9-20)16-37-27-12-24(32-28(33-27)38(2,34)35)22-13-30-23-10-7-19(11-21(22)23)26-15-29-14-25(31-26)18-5-6-18/h3-4,7-15,18,30H,5-6,16H2,1-2H3. The van der Waals surface area contributed by atoms with Gasteiger partial charge in [0.15, 0.2) is 0 Å². The van der Waals surface area contributed by atoms with Crippen LogP contribution in [-0.2, 0) is 16.4 Å². The van der Waals surface area contributed by atoms with Crippen molar-refractivity contribution in [3.63, 3.8) is 0 Å². The average Bonchev–Trinajstić information content (AvgIpc) is 3.70. The molecular weight excluding hydrogens is 502 g/mol. The summed E-state index contributed by atoms with van der Waals surface area (Å²) in [7, 11) is -2.09. The molecule has 1 fully saturated rings. The highest BCUT2D eigenvalue weighted by Gasteiger charge is 2.25. The van der Waals surface area contributed by atoms with Crippen LogP contribution in [0.25, 0.3) is 33.4 Å². The lowest BCUT2D eigenvalue weighted by atomic mass is 10.1. The number of nitrogens with one attached hydrogen (secondary N) is 1. The summed E-state index contributed by atoms with van der Waals surface area (Å²) >= 11 is 0. The van der Waals surface area contributed by atoms with Crippen LogP contribution in [0.4, 0.5) is 0 Å². The van der Waals surface area contributed by atoms with E-state index in [1.165, 1.54) is 0 Å². The van der Waals surface area contributed by atoms with Gasteiger partial charge in [-0.05, 0) is 42.7 Å². The van der Waals surface area contributed by atoms with Gasteiger partial charge in [-0.3, -0.25) is 4.98 Å². The van der Waals surface area contributed by atoms with Crippen LogP contribution in [0.5, 0.6) is 11.6 Å². The number of methoxy groups -OCH3 is 1. The third-order valence-electron chi connectivity index (χ3n) is 6.46. The second-order valence-corrected chi connectivity index (χ2v) is 11.3. The largest absolute Gasteiger partial charge is 0.497 e. The number of sulfone groups is 1. The second-order valence-electron chi connectivity index (χ2n) is 9.35. The molecule has 9 nitrogen and oxygen atoms in total. The molecule has 0 bridgehead atoms. The molecule has 5 aromatic rings. The van der Waals surface area contributed by atoms with E-state index in [9.17, 15) is 8.42 Å². The zero-order valence-electron chi connectivity index (χ0n) is 20.9. The molecule has 1 aliphatic rings. The summed E-state index contributed by atoms with van der Waals surface area (Å²) in [6, 6.07) is 15.1. The summed E-state index contributed by atoms with van der Waals surface area (Å²) < 4.78 is 36.0. The van der Waals surface area contributed by atoms with Gasteiger partial charge in [0.2, 0.25) is 15.7 Å². The Balaban J connectivity index is 1.37. The molecule has 1 aliphatic carbocycles.